The van der Waals surface area contributed by atoms with Gasteiger partial charge in [0.2, 0.25) is 0 Å². The maximum absolute atomic E-state index is 5.66. The third kappa shape index (κ3) is 3.54. The van der Waals surface area contributed by atoms with Crippen molar-refractivity contribution in [1.29, 1.82) is 0 Å². The average Bonchev–Trinajstić information content (AvgIpc) is 2.95. The van der Waals surface area contributed by atoms with Crippen LogP contribution in [0.5, 0.6) is 0 Å². The molecule has 0 saturated carbocycles. The molecule has 90 valence electrons. The van der Waals surface area contributed by atoms with Crippen LogP contribution in [0.25, 0.3) is 0 Å². The number of hydrogen-bond acceptors (Lipinski definition) is 4. The summed E-state index contributed by atoms with van der Waals surface area (Å²) >= 11 is 1.73. The number of nitrogens with zero attached hydrogens (tertiary/aromatic N) is 1. The molecule has 1 fully saturated rings. The number of aromatic nitrogens is 1. The van der Waals surface area contributed by atoms with Crippen molar-refractivity contribution in [3.8, 4) is 0 Å². The topological polar surface area (TPSA) is 34.1 Å². The summed E-state index contributed by atoms with van der Waals surface area (Å²) in [4.78, 5) is 4.48. The van der Waals surface area contributed by atoms with Crippen molar-refractivity contribution in [3.63, 3.8) is 0 Å². The van der Waals surface area contributed by atoms with Crippen LogP contribution in [0, 0.1) is 5.92 Å². The summed E-state index contributed by atoms with van der Waals surface area (Å²) in [6, 6.07) is 0. The molecule has 1 unspecified atom stereocenters. The molecule has 0 spiro atoms. The van der Waals surface area contributed by atoms with Gasteiger partial charge in [0, 0.05) is 12.0 Å². The summed E-state index contributed by atoms with van der Waals surface area (Å²) in [7, 11) is 0. The van der Waals surface area contributed by atoms with E-state index in [0.29, 0.717) is 6.61 Å². The molecule has 0 aliphatic carbocycles. The van der Waals surface area contributed by atoms with E-state index in [1.807, 2.05) is 0 Å². The molecule has 3 nitrogen and oxygen atoms in total. The van der Waals surface area contributed by atoms with Gasteiger partial charge in [-0.1, -0.05) is 6.92 Å². The first-order valence-corrected chi connectivity index (χ1v) is 6.98. The van der Waals surface area contributed by atoms with E-state index in [9.17, 15) is 0 Å². The largest absolute Gasteiger partial charge is 0.375 e. The molecule has 1 aliphatic heterocycles. The van der Waals surface area contributed by atoms with E-state index in [0.717, 1.165) is 24.6 Å². The lowest BCUT2D eigenvalue weighted by molar-refractivity contribution is 0.107. The van der Waals surface area contributed by atoms with Crippen LogP contribution in [-0.2, 0) is 17.8 Å². The van der Waals surface area contributed by atoms with E-state index in [-0.39, 0.29) is 0 Å². The molecule has 0 aromatic carbocycles. The Balaban J connectivity index is 1.60. The molecular formula is C12H20N2OS. The molecule has 1 aliphatic rings. The highest BCUT2D eigenvalue weighted by Gasteiger charge is 2.13. The first kappa shape index (κ1) is 12.0. The molecule has 1 atom stereocenters. The van der Waals surface area contributed by atoms with Crippen molar-refractivity contribution in [1.82, 2.24) is 10.3 Å². The van der Waals surface area contributed by atoms with Crippen LogP contribution in [0.3, 0.4) is 0 Å². The Morgan fingerprint density at radius 1 is 1.62 bits per heavy atom. The summed E-state index contributed by atoms with van der Waals surface area (Å²) in [5.41, 5.74) is 1.09. The summed E-state index contributed by atoms with van der Waals surface area (Å²) in [6.45, 7) is 6.02. The van der Waals surface area contributed by atoms with Gasteiger partial charge in [-0.25, -0.2) is 4.98 Å². The molecular weight excluding hydrogens is 220 g/mol. The van der Waals surface area contributed by atoms with Gasteiger partial charge < -0.3 is 10.1 Å². The minimum absolute atomic E-state index is 0.677. The fourth-order valence-corrected chi connectivity index (χ4v) is 2.69. The number of hydrogen-bond donors (Lipinski definition) is 1. The van der Waals surface area contributed by atoms with Gasteiger partial charge in [-0.2, -0.15) is 0 Å². The number of aryl methyl sites for hydroxylation is 1. The smallest absolute Gasteiger partial charge is 0.0926 e. The Bertz CT molecular complexity index is 308. The van der Waals surface area contributed by atoms with E-state index >= 15 is 0 Å². The monoisotopic (exact) mass is 240 g/mol. The van der Waals surface area contributed by atoms with Crippen molar-refractivity contribution >= 4 is 11.3 Å². The number of thiazole rings is 1. The number of ether oxygens (including phenoxy) is 1. The second-order valence-corrected chi connectivity index (χ2v) is 5.23. The van der Waals surface area contributed by atoms with Gasteiger partial charge in [-0.15, -0.1) is 11.3 Å². The van der Waals surface area contributed by atoms with Gasteiger partial charge in [-0.3, -0.25) is 0 Å². The Labute approximate surface area is 101 Å². The van der Waals surface area contributed by atoms with Crippen molar-refractivity contribution in [3.05, 3.63) is 16.1 Å². The Morgan fingerprint density at radius 2 is 2.56 bits per heavy atom. The van der Waals surface area contributed by atoms with E-state index in [4.69, 9.17) is 4.74 Å². The highest BCUT2D eigenvalue weighted by Crippen LogP contribution is 2.14. The minimum Gasteiger partial charge on any atom is -0.375 e. The van der Waals surface area contributed by atoms with E-state index in [1.54, 1.807) is 11.3 Å². The predicted octanol–water partition coefficient (Wildman–Crippen LogP) is 2.22. The van der Waals surface area contributed by atoms with Gasteiger partial charge in [0.1, 0.15) is 0 Å². The van der Waals surface area contributed by atoms with Crippen LogP contribution in [0.2, 0.25) is 0 Å². The van der Waals surface area contributed by atoms with Crippen molar-refractivity contribution in [2.45, 2.75) is 32.8 Å². The molecule has 4 heteroatoms. The van der Waals surface area contributed by atoms with E-state index in [1.165, 1.54) is 30.9 Å². The van der Waals surface area contributed by atoms with Crippen molar-refractivity contribution in [2.75, 3.05) is 19.7 Å². The lowest BCUT2D eigenvalue weighted by Gasteiger charge is -2.07. The maximum Gasteiger partial charge on any atom is 0.0926 e. The lowest BCUT2D eigenvalue weighted by atomic mass is 10.1. The van der Waals surface area contributed by atoms with Gasteiger partial charge >= 0.3 is 0 Å². The zero-order chi connectivity index (χ0) is 11.2. The highest BCUT2D eigenvalue weighted by molar-refractivity contribution is 7.09. The normalized spacial score (nSPS) is 20.4. The predicted molar refractivity (Wildman–Crippen MR) is 66.7 cm³/mol. The molecule has 0 bridgehead atoms. The minimum atomic E-state index is 0.677. The third-order valence-electron chi connectivity index (χ3n) is 2.98. The Morgan fingerprint density at radius 3 is 3.25 bits per heavy atom. The molecule has 1 aromatic rings. The zero-order valence-corrected chi connectivity index (χ0v) is 10.7. The quantitative estimate of drug-likeness (QED) is 0.774. The van der Waals surface area contributed by atoms with E-state index in [2.05, 4.69) is 22.6 Å². The molecule has 16 heavy (non-hydrogen) atoms. The Kier molecular flexibility index (Phi) is 4.75. The molecule has 1 aromatic heterocycles. The first-order valence-electron chi connectivity index (χ1n) is 6.10. The van der Waals surface area contributed by atoms with Crippen LogP contribution in [0.4, 0.5) is 0 Å². The van der Waals surface area contributed by atoms with Gasteiger partial charge in [0.05, 0.1) is 17.3 Å². The SMILES string of the molecule is CCc1nc(COCCC2CCNC2)cs1. The molecule has 2 rings (SSSR count). The third-order valence-corrected chi connectivity index (χ3v) is 4.03. The van der Waals surface area contributed by atoms with Crippen molar-refractivity contribution < 1.29 is 4.74 Å². The molecule has 0 radical (unpaired) electrons. The fraction of sp³-hybridized carbons (Fsp3) is 0.750. The first-order chi connectivity index (χ1) is 7.88. The summed E-state index contributed by atoms with van der Waals surface area (Å²) in [6.07, 6.45) is 3.51. The van der Waals surface area contributed by atoms with Crippen LogP contribution >= 0.6 is 11.3 Å². The average molecular weight is 240 g/mol. The van der Waals surface area contributed by atoms with Gasteiger partial charge in [-0.05, 0) is 38.3 Å². The lowest BCUT2D eigenvalue weighted by Crippen LogP contribution is -2.10. The standard InChI is InChI=1S/C12H20N2OS/c1-2-12-14-11(9-16-12)8-15-6-4-10-3-5-13-7-10/h9-10,13H,2-8H2,1H3. The summed E-state index contributed by atoms with van der Waals surface area (Å²) in [5.74, 6) is 0.821. The van der Waals surface area contributed by atoms with Gasteiger partial charge in [0.25, 0.3) is 0 Å². The number of rotatable bonds is 6. The van der Waals surface area contributed by atoms with Crippen molar-refractivity contribution in [2.24, 2.45) is 5.92 Å². The molecule has 0 amide bonds. The molecule has 1 saturated heterocycles. The van der Waals surface area contributed by atoms with E-state index < -0.39 is 0 Å². The second-order valence-electron chi connectivity index (χ2n) is 4.29. The molecule has 2 heterocycles. The maximum atomic E-state index is 5.66. The molecule has 1 N–H and O–H groups in total. The van der Waals surface area contributed by atoms with Crippen LogP contribution in [0.1, 0.15) is 30.5 Å². The highest BCUT2D eigenvalue weighted by atomic mass is 32.1. The second kappa shape index (κ2) is 6.33. The van der Waals surface area contributed by atoms with Crippen LogP contribution < -0.4 is 5.32 Å². The van der Waals surface area contributed by atoms with Crippen LogP contribution in [0.15, 0.2) is 5.38 Å². The zero-order valence-electron chi connectivity index (χ0n) is 9.87. The number of nitrogens with one attached hydrogen (secondary N) is 1. The fourth-order valence-electron chi connectivity index (χ4n) is 1.97. The Hall–Kier alpha value is -0.450. The van der Waals surface area contributed by atoms with Crippen LogP contribution in [-0.4, -0.2) is 24.7 Å². The summed E-state index contributed by atoms with van der Waals surface area (Å²) in [5, 5.41) is 6.69. The van der Waals surface area contributed by atoms with Gasteiger partial charge in [0.15, 0.2) is 0 Å². The summed E-state index contributed by atoms with van der Waals surface area (Å²) < 4.78 is 5.66.